The molecule has 1 saturated heterocycles. The van der Waals surface area contributed by atoms with Crippen LogP contribution in [0.4, 0.5) is 4.79 Å². The van der Waals surface area contributed by atoms with Gasteiger partial charge in [0.1, 0.15) is 0 Å². The van der Waals surface area contributed by atoms with Gasteiger partial charge in [0.25, 0.3) is 0 Å². The van der Waals surface area contributed by atoms with Gasteiger partial charge < -0.3 is 15.0 Å². The second kappa shape index (κ2) is 6.47. The Bertz CT molecular complexity index is 458. The number of nitrogens with zero attached hydrogens (tertiary/aromatic N) is 2. The molecule has 0 aromatic carbocycles. The molecule has 3 rings (SSSR count). The van der Waals surface area contributed by atoms with Gasteiger partial charge in [-0.25, -0.2) is 4.79 Å². The van der Waals surface area contributed by atoms with Crippen LogP contribution < -0.4 is 5.32 Å². The molecule has 1 aromatic heterocycles. The highest BCUT2D eigenvalue weighted by Gasteiger charge is 2.35. The lowest BCUT2D eigenvalue weighted by molar-refractivity contribution is 0.128. The minimum Gasteiger partial charge on any atom is -0.383 e. The van der Waals surface area contributed by atoms with Crippen molar-refractivity contribution in [3.05, 3.63) is 18.0 Å². The molecule has 1 aliphatic heterocycles. The summed E-state index contributed by atoms with van der Waals surface area (Å²) in [6, 6.07) is 0.323. The predicted octanol–water partition coefficient (Wildman–Crippen LogP) is 2.07. The Morgan fingerprint density at radius 3 is 3.05 bits per heavy atom. The maximum atomic E-state index is 12.6. The van der Waals surface area contributed by atoms with Crippen molar-refractivity contribution < 1.29 is 9.53 Å². The quantitative estimate of drug-likeness (QED) is 0.873. The van der Waals surface area contributed by atoms with Gasteiger partial charge in [0.05, 0.1) is 24.9 Å². The lowest BCUT2D eigenvalue weighted by Crippen LogP contribution is -2.49. The summed E-state index contributed by atoms with van der Waals surface area (Å²) in [5.41, 5.74) is 1.10. The molecule has 2 atom stereocenters. The molecule has 2 aliphatic rings. The molecular formula is C15H24N4O2. The van der Waals surface area contributed by atoms with Gasteiger partial charge in [0.2, 0.25) is 0 Å². The van der Waals surface area contributed by atoms with Gasteiger partial charge in [-0.1, -0.05) is 0 Å². The maximum Gasteiger partial charge on any atom is 0.318 e. The van der Waals surface area contributed by atoms with E-state index in [9.17, 15) is 4.79 Å². The molecule has 0 radical (unpaired) electrons. The third kappa shape index (κ3) is 3.37. The Morgan fingerprint density at radius 2 is 2.38 bits per heavy atom. The average molecular weight is 292 g/mol. The Morgan fingerprint density at radius 1 is 1.52 bits per heavy atom. The van der Waals surface area contributed by atoms with Crippen molar-refractivity contribution in [2.24, 2.45) is 5.92 Å². The van der Waals surface area contributed by atoms with Crippen molar-refractivity contribution in [2.45, 2.75) is 44.2 Å². The van der Waals surface area contributed by atoms with E-state index in [1.54, 1.807) is 7.11 Å². The number of aromatic amines is 1. The Hall–Kier alpha value is -1.56. The number of hydrogen-bond donors (Lipinski definition) is 2. The molecule has 1 saturated carbocycles. The number of urea groups is 1. The fraction of sp³-hybridized carbons (Fsp3) is 0.733. The van der Waals surface area contributed by atoms with Gasteiger partial charge in [0, 0.05) is 25.4 Å². The van der Waals surface area contributed by atoms with Crippen LogP contribution in [0.25, 0.3) is 0 Å². The number of carbonyl (C=O) groups is 1. The van der Waals surface area contributed by atoms with E-state index in [4.69, 9.17) is 4.74 Å². The van der Waals surface area contributed by atoms with E-state index in [-0.39, 0.29) is 18.1 Å². The van der Waals surface area contributed by atoms with Crippen molar-refractivity contribution >= 4 is 6.03 Å². The van der Waals surface area contributed by atoms with Crippen LogP contribution >= 0.6 is 0 Å². The predicted molar refractivity (Wildman–Crippen MR) is 78.8 cm³/mol. The molecule has 2 N–H and O–H groups in total. The second-order valence-electron chi connectivity index (χ2n) is 6.09. The summed E-state index contributed by atoms with van der Waals surface area (Å²) in [7, 11) is 1.69. The lowest BCUT2D eigenvalue weighted by Gasteiger charge is -2.36. The zero-order valence-corrected chi connectivity index (χ0v) is 12.5. The van der Waals surface area contributed by atoms with Crippen LogP contribution in [0.5, 0.6) is 0 Å². The van der Waals surface area contributed by atoms with E-state index in [1.807, 2.05) is 17.3 Å². The van der Waals surface area contributed by atoms with Crippen molar-refractivity contribution in [2.75, 3.05) is 20.3 Å². The summed E-state index contributed by atoms with van der Waals surface area (Å²) in [5, 5.41) is 10.0. The molecule has 1 aromatic rings. The number of methoxy groups -OCH3 is 1. The standard InChI is InChI=1S/C15H24N4O2/c1-21-10-13(11-5-6-11)18-15(20)19-7-3-2-4-14(19)12-8-16-17-9-12/h8-9,11,13-14H,2-7,10H2,1H3,(H,16,17)(H,18,20)/t13-,14+/m0/s1. The van der Waals surface area contributed by atoms with Crippen molar-refractivity contribution in [1.29, 1.82) is 0 Å². The maximum absolute atomic E-state index is 12.6. The zero-order valence-electron chi connectivity index (χ0n) is 12.5. The minimum absolute atomic E-state index is 0.0369. The van der Waals surface area contributed by atoms with Crippen molar-refractivity contribution in [3.8, 4) is 0 Å². The minimum atomic E-state index is 0.0369. The fourth-order valence-electron chi connectivity index (χ4n) is 3.18. The number of H-pyrrole nitrogens is 1. The molecule has 1 aliphatic carbocycles. The molecule has 6 heteroatoms. The molecule has 0 unspecified atom stereocenters. The summed E-state index contributed by atoms with van der Waals surface area (Å²) in [6.45, 7) is 1.41. The number of hydrogen-bond acceptors (Lipinski definition) is 3. The normalized spacial score (nSPS) is 23.9. The monoisotopic (exact) mass is 292 g/mol. The molecular weight excluding hydrogens is 268 g/mol. The summed E-state index contributed by atoms with van der Waals surface area (Å²) in [4.78, 5) is 14.6. The van der Waals surface area contributed by atoms with Gasteiger partial charge in [-0.05, 0) is 38.0 Å². The van der Waals surface area contributed by atoms with Gasteiger partial charge in [-0.15, -0.1) is 0 Å². The summed E-state index contributed by atoms with van der Waals surface area (Å²) >= 11 is 0. The third-order valence-corrected chi connectivity index (χ3v) is 4.51. The number of nitrogens with one attached hydrogen (secondary N) is 2. The van der Waals surface area contributed by atoms with Crippen LogP contribution in [0.1, 0.15) is 43.7 Å². The molecule has 2 fully saturated rings. The first-order chi connectivity index (χ1) is 10.3. The van der Waals surface area contributed by atoms with Crippen molar-refractivity contribution in [1.82, 2.24) is 20.4 Å². The second-order valence-corrected chi connectivity index (χ2v) is 6.09. The highest BCUT2D eigenvalue weighted by molar-refractivity contribution is 5.75. The Balaban J connectivity index is 1.66. The zero-order chi connectivity index (χ0) is 14.7. The lowest BCUT2D eigenvalue weighted by atomic mass is 9.98. The number of likely N-dealkylation sites (tertiary alicyclic amines) is 1. The molecule has 6 nitrogen and oxygen atoms in total. The highest BCUT2D eigenvalue weighted by Crippen LogP contribution is 2.34. The van der Waals surface area contributed by atoms with Crippen LogP contribution in [0.3, 0.4) is 0 Å². The number of carbonyl (C=O) groups excluding carboxylic acids is 1. The number of piperidine rings is 1. The van der Waals surface area contributed by atoms with E-state index in [0.717, 1.165) is 31.4 Å². The van der Waals surface area contributed by atoms with Crippen LogP contribution in [0, 0.1) is 5.92 Å². The Kier molecular flexibility index (Phi) is 4.43. The largest absolute Gasteiger partial charge is 0.383 e. The Labute approximate surface area is 125 Å². The highest BCUT2D eigenvalue weighted by atomic mass is 16.5. The number of amides is 2. The van der Waals surface area contributed by atoms with Gasteiger partial charge >= 0.3 is 6.03 Å². The van der Waals surface area contributed by atoms with Crippen molar-refractivity contribution in [3.63, 3.8) is 0 Å². The van der Waals surface area contributed by atoms with E-state index < -0.39 is 0 Å². The third-order valence-electron chi connectivity index (χ3n) is 4.51. The van der Waals surface area contributed by atoms with Gasteiger partial charge in [-0.2, -0.15) is 5.10 Å². The van der Waals surface area contributed by atoms with Gasteiger partial charge in [-0.3, -0.25) is 5.10 Å². The molecule has 0 bridgehead atoms. The summed E-state index contributed by atoms with van der Waals surface area (Å²) in [6.07, 6.45) is 9.34. The molecule has 21 heavy (non-hydrogen) atoms. The van der Waals surface area contributed by atoms with Crippen LogP contribution in [0.2, 0.25) is 0 Å². The van der Waals surface area contributed by atoms with Crippen LogP contribution in [-0.4, -0.2) is 47.4 Å². The molecule has 2 amide bonds. The SMILES string of the molecule is COC[C@H](NC(=O)N1CCCC[C@@H]1c1cn[nH]c1)C1CC1. The topological polar surface area (TPSA) is 70.2 Å². The number of aromatic nitrogens is 2. The first kappa shape index (κ1) is 14.4. The molecule has 2 heterocycles. The molecule has 0 spiro atoms. The van der Waals surface area contributed by atoms with Gasteiger partial charge in [0.15, 0.2) is 0 Å². The van der Waals surface area contributed by atoms with Crippen LogP contribution in [-0.2, 0) is 4.74 Å². The number of rotatable bonds is 5. The van der Waals surface area contributed by atoms with Crippen LogP contribution in [0.15, 0.2) is 12.4 Å². The average Bonchev–Trinajstić information content (AvgIpc) is 3.21. The fourth-order valence-corrected chi connectivity index (χ4v) is 3.18. The molecule has 116 valence electrons. The smallest absolute Gasteiger partial charge is 0.318 e. The van der Waals surface area contributed by atoms with E-state index in [2.05, 4.69) is 15.5 Å². The summed E-state index contributed by atoms with van der Waals surface area (Å²) in [5.74, 6) is 0.589. The van der Waals surface area contributed by atoms with E-state index in [0.29, 0.717) is 12.5 Å². The first-order valence-corrected chi connectivity index (χ1v) is 7.84. The number of ether oxygens (including phenoxy) is 1. The van der Waals surface area contributed by atoms with E-state index in [1.165, 1.54) is 12.8 Å². The first-order valence-electron chi connectivity index (χ1n) is 7.84. The summed E-state index contributed by atoms with van der Waals surface area (Å²) < 4.78 is 5.24. The van der Waals surface area contributed by atoms with E-state index >= 15 is 0 Å².